The Labute approximate surface area is 274 Å². The number of nitrogens with one attached hydrogen (secondary N) is 1. The monoisotopic (exact) mass is 678 g/mol. The number of hydrogen-bond donors (Lipinski definition) is 2. The first-order chi connectivity index (χ1) is 21.3. The number of hydrogen-bond acceptors (Lipinski definition) is 8. The summed E-state index contributed by atoms with van der Waals surface area (Å²) in [6, 6.07) is 11.5. The highest BCUT2D eigenvalue weighted by Gasteiger charge is 2.40. The van der Waals surface area contributed by atoms with E-state index in [0.29, 0.717) is 31.7 Å². The number of likely N-dealkylation sites (tertiary alicyclic amines) is 1. The third-order valence-corrected chi connectivity index (χ3v) is 12.3. The summed E-state index contributed by atoms with van der Waals surface area (Å²) >= 11 is 0. The molecule has 2 aromatic carbocycles. The first-order valence-corrected chi connectivity index (χ1v) is 19.4. The highest BCUT2D eigenvalue weighted by Crippen LogP contribution is 2.33. The Bertz CT molecular complexity index is 1570. The maximum atomic E-state index is 13.5. The molecule has 0 spiro atoms. The molecule has 1 heterocycles. The van der Waals surface area contributed by atoms with Crippen LogP contribution in [0.2, 0.25) is 0 Å². The molecule has 0 bridgehead atoms. The number of carbonyl (C=O) groups excluding carboxylic acids is 1. The maximum absolute atomic E-state index is 13.5. The Balaban J connectivity index is 0.00000576. The standard InChI is InChI=1S/C33H46N2O8S2.CH4/c1-23-9-7-8-12-28(23)30-17-25(13-14-29(30)32(36)34-31(33(37)38)15-16-44(3,39)40)19-35-20-27(18-26(35)21-43-2)45(41,42)22-24-10-5-4-6-11-24;/h7-9,12-14,17,24,26-27,31H,4-6,10-11,15-16,18-22H2,1-3H3,(H,34,36)(H,37,38);1H4/t26-,27-,31-;/m0./s1. The molecule has 1 saturated carbocycles. The van der Waals surface area contributed by atoms with Crippen molar-refractivity contribution in [1.29, 1.82) is 0 Å². The second kappa shape index (κ2) is 16.3. The minimum atomic E-state index is -3.42. The van der Waals surface area contributed by atoms with Crippen molar-refractivity contribution < 1.29 is 36.3 Å². The van der Waals surface area contributed by atoms with E-state index in [4.69, 9.17) is 4.74 Å². The first-order valence-electron chi connectivity index (χ1n) is 15.6. The molecule has 1 amide bonds. The van der Waals surface area contributed by atoms with Crippen molar-refractivity contribution in [3.8, 4) is 11.1 Å². The zero-order valence-corrected chi connectivity index (χ0v) is 28.0. The van der Waals surface area contributed by atoms with Crippen molar-refractivity contribution in [3.05, 3.63) is 59.2 Å². The fraction of sp³-hybridized carbons (Fsp3) is 0.588. The third kappa shape index (κ3) is 10.1. The lowest BCUT2D eigenvalue weighted by atomic mass is 9.91. The fourth-order valence-electron chi connectivity index (χ4n) is 6.62. The molecule has 12 heteroatoms. The van der Waals surface area contributed by atoms with Gasteiger partial charge in [0.1, 0.15) is 15.9 Å². The molecule has 1 saturated heterocycles. The lowest BCUT2D eigenvalue weighted by Gasteiger charge is -2.25. The summed E-state index contributed by atoms with van der Waals surface area (Å²) in [5, 5.41) is 11.7. The Morgan fingerprint density at radius 2 is 1.74 bits per heavy atom. The first kappa shape index (κ1) is 37.7. The van der Waals surface area contributed by atoms with Crippen LogP contribution in [0.15, 0.2) is 42.5 Å². The van der Waals surface area contributed by atoms with Gasteiger partial charge in [-0.3, -0.25) is 9.69 Å². The molecule has 3 atom stereocenters. The molecule has 0 radical (unpaired) electrons. The smallest absolute Gasteiger partial charge is 0.326 e. The van der Waals surface area contributed by atoms with Crippen molar-refractivity contribution >= 4 is 31.6 Å². The number of carboxylic acids is 1. The Morgan fingerprint density at radius 1 is 1.04 bits per heavy atom. The van der Waals surface area contributed by atoms with Crippen molar-refractivity contribution in [1.82, 2.24) is 10.2 Å². The van der Waals surface area contributed by atoms with Crippen LogP contribution < -0.4 is 5.32 Å². The van der Waals surface area contributed by atoms with Crippen molar-refractivity contribution in [3.63, 3.8) is 0 Å². The highest BCUT2D eigenvalue weighted by atomic mass is 32.2. The number of nitrogens with zero attached hydrogens (tertiary/aromatic N) is 1. The van der Waals surface area contributed by atoms with Gasteiger partial charge in [0.05, 0.1) is 23.4 Å². The zero-order valence-electron chi connectivity index (χ0n) is 26.4. The van der Waals surface area contributed by atoms with Crippen LogP contribution in [-0.2, 0) is 35.8 Å². The summed E-state index contributed by atoms with van der Waals surface area (Å²) in [6.45, 7) is 3.19. The van der Waals surface area contributed by atoms with Gasteiger partial charge in [0.2, 0.25) is 0 Å². The van der Waals surface area contributed by atoms with E-state index in [-0.39, 0.29) is 42.9 Å². The second-order valence-corrected chi connectivity index (χ2v) is 17.3. The van der Waals surface area contributed by atoms with E-state index in [1.54, 1.807) is 19.2 Å². The summed E-state index contributed by atoms with van der Waals surface area (Å²) in [6.07, 6.45) is 6.60. The number of sulfone groups is 2. The van der Waals surface area contributed by atoms with E-state index in [0.717, 1.165) is 48.6 Å². The Hall–Kier alpha value is -2.80. The van der Waals surface area contributed by atoms with E-state index < -0.39 is 42.8 Å². The van der Waals surface area contributed by atoms with Gasteiger partial charge in [-0.15, -0.1) is 0 Å². The van der Waals surface area contributed by atoms with Crippen LogP contribution >= 0.6 is 0 Å². The summed E-state index contributed by atoms with van der Waals surface area (Å²) in [5.41, 5.74) is 3.47. The van der Waals surface area contributed by atoms with Gasteiger partial charge >= 0.3 is 5.97 Å². The normalized spacial score (nSPS) is 20.2. The van der Waals surface area contributed by atoms with E-state index >= 15 is 0 Å². The predicted octanol–water partition coefficient (Wildman–Crippen LogP) is 4.50. The van der Waals surface area contributed by atoms with E-state index in [2.05, 4.69) is 10.2 Å². The van der Waals surface area contributed by atoms with Crippen LogP contribution in [0, 0.1) is 12.8 Å². The molecule has 10 nitrogen and oxygen atoms in total. The maximum Gasteiger partial charge on any atom is 0.326 e. The minimum absolute atomic E-state index is 0. The Morgan fingerprint density at radius 3 is 2.37 bits per heavy atom. The SMILES string of the molecule is C.COC[C@@H]1C[C@H](S(=O)(=O)CC2CCCCC2)CN1Cc1ccc(C(=O)N[C@@H](CCS(C)(=O)=O)C(=O)O)c(-c2ccccc2C)c1. The van der Waals surface area contributed by atoms with Gasteiger partial charge in [0, 0.05) is 38.1 Å². The number of amides is 1. The number of rotatable bonds is 14. The van der Waals surface area contributed by atoms with Crippen molar-refractivity contribution in [2.45, 2.75) is 83.2 Å². The number of aliphatic carboxylic acids is 1. The van der Waals surface area contributed by atoms with Crippen molar-refractivity contribution in [2.24, 2.45) is 5.92 Å². The van der Waals surface area contributed by atoms with Gasteiger partial charge in [-0.1, -0.05) is 57.0 Å². The van der Waals surface area contributed by atoms with Crippen LogP contribution in [0.4, 0.5) is 0 Å². The van der Waals surface area contributed by atoms with Gasteiger partial charge in [-0.05, 0) is 72.9 Å². The number of carboxylic acid groups (broad SMARTS) is 1. The van der Waals surface area contributed by atoms with Crippen LogP contribution in [0.5, 0.6) is 0 Å². The number of carbonyl (C=O) groups is 2. The summed E-state index contributed by atoms with van der Waals surface area (Å²) < 4.78 is 55.8. The fourth-order valence-corrected chi connectivity index (χ4v) is 9.48. The molecular formula is C34H50N2O8S2. The van der Waals surface area contributed by atoms with Crippen LogP contribution in [-0.4, -0.2) is 94.1 Å². The quantitative estimate of drug-likeness (QED) is 0.295. The number of aryl methyl sites for hydroxylation is 1. The molecule has 1 aliphatic carbocycles. The van der Waals surface area contributed by atoms with Gasteiger partial charge in [0.15, 0.2) is 9.84 Å². The van der Waals surface area contributed by atoms with Crippen LogP contribution in [0.1, 0.15) is 73.9 Å². The van der Waals surface area contributed by atoms with Gasteiger partial charge < -0.3 is 15.2 Å². The average Bonchev–Trinajstić information content (AvgIpc) is 3.38. The second-order valence-electron chi connectivity index (χ2n) is 12.7. The summed E-state index contributed by atoms with van der Waals surface area (Å²) in [4.78, 5) is 27.5. The summed E-state index contributed by atoms with van der Waals surface area (Å²) in [5.74, 6) is -1.82. The zero-order chi connectivity index (χ0) is 32.8. The summed E-state index contributed by atoms with van der Waals surface area (Å²) in [7, 11) is -5.08. The van der Waals surface area contributed by atoms with Crippen molar-refractivity contribution in [2.75, 3.05) is 38.0 Å². The van der Waals surface area contributed by atoms with E-state index in [9.17, 15) is 31.5 Å². The molecule has 2 aliphatic rings. The lowest BCUT2D eigenvalue weighted by molar-refractivity contribution is -0.139. The molecular weight excluding hydrogens is 629 g/mol. The van der Waals surface area contributed by atoms with Crippen LogP contribution in [0.25, 0.3) is 11.1 Å². The average molecular weight is 679 g/mol. The largest absolute Gasteiger partial charge is 0.480 e. The lowest BCUT2D eigenvalue weighted by Crippen LogP contribution is -2.42. The van der Waals surface area contributed by atoms with E-state index in [1.807, 2.05) is 37.3 Å². The minimum Gasteiger partial charge on any atom is -0.480 e. The third-order valence-electron chi connectivity index (χ3n) is 9.08. The number of methoxy groups -OCH3 is 1. The van der Waals surface area contributed by atoms with Gasteiger partial charge in [-0.2, -0.15) is 0 Å². The molecule has 46 heavy (non-hydrogen) atoms. The highest BCUT2D eigenvalue weighted by molar-refractivity contribution is 7.92. The molecule has 0 unspecified atom stereocenters. The molecule has 2 aromatic rings. The Kier molecular flexibility index (Phi) is 13.4. The topological polar surface area (TPSA) is 147 Å². The van der Waals surface area contributed by atoms with E-state index in [1.165, 1.54) is 6.42 Å². The molecule has 4 rings (SSSR count). The predicted molar refractivity (Wildman–Crippen MR) is 181 cm³/mol. The number of benzene rings is 2. The van der Waals surface area contributed by atoms with Crippen LogP contribution in [0.3, 0.4) is 0 Å². The van der Waals surface area contributed by atoms with Gasteiger partial charge in [0.25, 0.3) is 5.91 Å². The number of ether oxygens (including phenoxy) is 1. The molecule has 0 aromatic heterocycles. The molecule has 1 aliphatic heterocycles. The molecule has 256 valence electrons. The molecule has 2 fully saturated rings. The van der Waals surface area contributed by atoms with Gasteiger partial charge in [-0.25, -0.2) is 21.6 Å². The molecule has 2 N–H and O–H groups in total.